The largest absolute Gasteiger partial charge is 0.395 e. The first-order valence-corrected chi connectivity index (χ1v) is 5.60. The Hall–Kier alpha value is -1.29. The van der Waals surface area contributed by atoms with Crippen molar-refractivity contribution in [3.05, 3.63) is 24.0 Å². The number of nitrogen functional groups attached to an aromatic ring is 1. The van der Waals surface area contributed by atoms with Gasteiger partial charge in [-0.15, -0.1) is 0 Å². The Labute approximate surface area is 95.7 Å². The molecule has 0 atom stereocenters. The van der Waals surface area contributed by atoms with Crippen LogP contribution in [0, 0.1) is 5.82 Å². The molecule has 16 heavy (non-hydrogen) atoms. The van der Waals surface area contributed by atoms with E-state index >= 15 is 0 Å². The third-order valence-electron chi connectivity index (χ3n) is 2.52. The van der Waals surface area contributed by atoms with E-state index in [1.54, 1.807) is 12.1 Å². The van der Waals surface area contributed by atoms with Crippen LogP contribution in [0.5, 0.6) is 0 Å². The van der Waals surface area contributed by atoms with Crippen LogP contribution in [0.1, 0.15) is 19.8 Å². The van der Waals surface area contributed by atoms with Crippen molar-refractivity contribution < 1.29 is 9.50 Å². The average molecular weight is 226 g/mol. The van der Waals surface area contributed by atoms with Gasteiger partial charge in [0.15, 0.2) is 0 Å². The number of aliphatic hydroxyl groups is 1. The van der Waals surface area contributed by atoms with E-state index in [1.165, 1.54) is 6.07 Å². The number of benzene rings is 1. The summed E-state index contributed by atoms with van der Waals surface area (Å²) in [5.74, 6) is -0.406. The fourth-order valence-electron chi connectivity index (χ4n) is 1.62. The van der Waals surface area contributed by atoms with E-state index in [0.717, 1.165) is 19.4 Å². The molecule has 0 aromatic heterocycles. The summed E-state index contributed by atoms with van der Waals surface area (Å²) in [6.45, 7) is 3.39. The van der Waals surface area contributed by atoms with Gasteiger partial charge in [-0.3, -0.25) is 0 Å². The van der Waals surface area contributed by atoms with Gasteiger partial charge in [0.1, 0.15) is 5.82 Å². The van der Waals surface area contributed by atoms with Crippen LogP contribution in [0.15, 0.2) is 18.2 Å². The number of hydrogen-bond donors (Lipinski definition) is 2. The minimum absolute atomic E-state index is 0.0413. The lowest BCUT2D eigenvalue weighted by Gasteiger charge is -2.25. The van der Waals surface area contributed by atoms with Gasteiger partial charge < -0.3 is 15.7 Å². The number of anilines is 2. The third kappa shape index (κ3) is 3.10. The molecule has 0 saturated heterocycles. The Kier molecular flexibility index (Phi) is 5.05. The molecule has 0 bridgehead atoms. The molecule has 0 unspecified atom stereocenters. The zero-order valence-corrected chi connectivity index (χ0v) is 9.62. The quantitative estimate of drug-likeness (QED) is 0.729. The lowest BCUT2D eigenvalue weighted by atomic mass is 10.2. The summed E-state index contributed by atoms with van der Waals surface area (Å²) in [7, 11) is 0. The number of nitrogens with zero attached hydrogens (tertiary/aromatic N) is 1. The summed E-state index contributed by atoms with van der Waals surface area (Å²) in [5.41, 5.74) is 6.52. The van der Waals surface area contributed by atoms with Crippen molar-refractivity contribution in [3.63, 3.8) is 0 Å². The molecule has 0 aliphatic rings. The summed E-state index contributed by atoms with van der Waals surface area (Å²) in [6.07, 6.45) is 2.05. The smallest absolute Gasteiger partial charge is 0.148 e. The van der Waals surface area contributed by atoms with E-state index in [1.807, 2.05) is 4.90 Å². The van der Waals surface area contributed by atoms with Crippen LogP contribution in [0.2, 0.25) is 0 Å². The average Bonchev–Trinajstić information content (AvgIpc) is 2.28. The molecule has 1 rings (SSSR count). The van der Waals surface area contributed by atoms with Crippen LogP contribution >= 0.6 is 0 Å². The van der Waals surface area contributed by atoms with Crippen molar-refractivity contribution in [2.24, 2.45) is 0 Å². The lowest BCUT2D eigenvalue weighted by Crippen LogP contribution is -2.28. The molecule has 0 heterocycles. The molecule has 0 amide bonds. The third-order valence-corrected chi connectivity index (χ3v) is 2.52. The molecule has 90 valence electrons. The van der Waals surface area contributed by atoms with Gasteiger partial charge in [-0.1, -0.05) is 19.4 Å². The summed E-state index contributed by atoms with van der Waals surface area (Å²) in [4.78, 5) is 1.92. The molecule has 0 aliphatic carbocycles. The maximum absolute atomic E-state index is 13.3. The second-order valence-corrected chi connectivity index (χ2v) is 3.74. The lowest BCUT2D eigenvalue weighted by molar-refractivity contribution is 0.301. The normalized spacial score (nSPS) is 10.4. The Morgan fingerprint density at radius 1 is 1.38 bits per heavy atom. The van der Waals surface area contributed by atoms with E-state index in [0.29, 0.717) is 12.2 Å². The molecular weight excluding hydrogens is 207 g/mol. The molecule has 0 radical (unpaired) electrons. The predicted molar refractivity (Wildman–Crippen MR) is 65.0 cm³/mol. The highest BCUT2D eigenvalue weighted by Gasteiger charge is 2.11. The van der Waals surface area contributed by atoms with E-state index in [-0.39, 0.29) is 12.3 Å². The Morgan fingerprint density at radius 2 is 2.12 bits per heavy atom. The first kappa shape index (κ1) is 12.8. The minimum Gasteiger partial charge on any atom is -0.395 e. The highest BCUT2D eigenvalue weighted by atomic mass is 19.1. The molecule has 1 aromatic rings. The molecule has 4 heteroatoms. The second kappa shape index (κ2) is 6.33. The van der Waals surface area contributed by atoms with Gasteiger partial charge in [0.05, 0.1) is 18.0 Å². The van der Waals surface area contributed by atoms with Gasteiger partial charge in [0.25, 0.3) is 0 Å². The Morgan fingerprint density at radius 3 is 2.75 bits per heavy atom. The number of unbranched alkanes of at least 4 members (excludes halogenated alkanes) is 1. The molecule has 3 nitrogen and oxygen atoms in total. The Balaban J connectivity index is 2.86. The zero-order valence-electron chi connectivity index (χ0n) is 9.62. The summed E-state index contributed by atoms with van der Waals surface area (Å²) in [5, 5.41) is 8.98. The highest BCUT2D eigenvalue weighted by molar-refractivity contribution is 5.68. The van der Waals surface area contributed by atoms with Crippen LogP contribution in [0.3, 0.4) is 0 Å². The SMILES string of the molecule is CCCCN(CCO)c1cccc(F)c1N. The van der Waals surface area contributed by atoms with Crippen LogP contribution < -0.4 is 10.6 Å². The van der Waals surface area contributed by atoms with Crippen molar-refractivity contribution in [1.82, 2.24) is 0 Å². The number of hydrogen-bond acceptors (Lipinski definition) is 3. The fourth-order valence-corrected chi connectivity index (χ4v) is 1.62. The predicted octanol–water partition coefficient (Wildman–Crippen LogP) is 2.01. The highest BCUT2D eigenvalue weighted by Crippen LogP contribution is 2.25. The fraction of sp³-hybridized carbons (Fsp3) is 0.500. The number of rotatable bonds is 6. The van der Waals surface area contributed by atoms with E-state index in [4.69, 9.17) is 10.8 Å². The van der Waals surface area contributed by atoms with E-state index in [9.17, 15) is 4.39 Å². The van der Waals surface area contributed by atoms with Crippen molar-refractivity contribution >= 4 is 11.4 Å². The van der Waals surface area contributed by atoms with Crippen molar-refractivity contribution in [3.8, 4) is 0 Å². The van der Waals surface area contributed by atoms with Gasteiger partial charge in [-0.25, -0.2) is 4.39 Å². The first-order valence-electron chi connectivity index (χ1n) is 5.60. The molecular formula is C12H19FN2O. The molecule has 0 spiro atoms. The summed E-state index contributed by atoms with van der Waals surface area (Å²) < 4.78 is 13.3. The standard InChI is InChI=1S/C12H19FN2O/c1-2-3-7-15(8-9-16)11-6-4-5-10(13)12(11)14/h4-6,16H,2-3,7-9,14H2,1H3. The van der Waals surface area contributed by atoms with Crippen molar-refractivity contribution in [2.75, 3.05) is 30.3 Å². The van der Waals surface area contributed by atoms with Gasteiger partial charge in [0, 0.05) is 13.1 Å². The maximum atomic E-state index is 13.3. The van der Waals surface area contributed by atoms with Gasteiger partial charge in [-0.2, -0.15) is 0 Å². The topological polar surface area (TPSA) is 49.5 Å². The summed E-state index contributed by atoms with van der Waals surface area (Å²) in [6, 6.07) is 4.76. The molecule has 3 N–H and O–H groups in total. The van der Waals surface area contributed by atoms with E-state index < -0.39 is 5.82 Å². The van der Waals surface area contributed by atoms with Gasteiger partial charge in [0.2, 0.25) is 0 Å². The maximum Gasteiger partial charge on any atom is 0.148 e. The number of aliphatic hydroxyl groups excluding tert-OH is 1. The minimum atomic E-state index is -0.406. The molecule has 0 saturated carbocycles. The van der Waals surface area contributed by atoms with Crippen molar-refractivity contribution in [2.45, 2.75) is 19.8 Å². The zero-order chi connectivity index (χ0) is 12.0. The number of nitrogens with two attached hydrogens (primary N) is 1. The first-order chi connectivity index (χ1) is 7.70. The summed E-state index contributed by atoms with van der Waals surface area (Å²) >= 11 is 0. The van der Waals surface area contributed by atoms with E-state index in [2.05, 4.69) is 6.92 Å². The van der Waals surface area contributed by atoms with Crippen LogP contribution in [-0.4, -0.2) is 24.8 Å². The van der Waals surface area contributed by atoms with Crippen LogP contribution in [0.4, 0.5) is 15.8 Å². The number of halogens is 1. The Bertz CT molecular complexity index is 331. The monoisotopic (exact) mass is 226 g/mol. The molecule has 1 aromatic carbocycles. The van der Waals surface area contributed by atoms with Crippen LogP contribution in [0.25, 0.3) is 0 Å². The molecule has 0 fully saturated rings. The van der Waals surface area contributed by atoms with Gasteiger partial charge >= 0.3 is 0 Å². The van der Waals surface area contributed by atoms with Crippen LogP contribution in [-0.2, 0) is 0 Å². The molecule has 0 aliphatic heterocycles. The number of para-hydroxylation sites is 1. The van der Waals surface area contributed by atoms with Gasteiger partial charge in [-0.05, 0) is 18.6 Å². The van der Waals surface area contributed by atoms with Crippen molar-refractivity contribution in [1.29, 1.82) is 0 Å². The second-order valence-electron chi connectivity index (χ2n) is 3.74.